The molecule has 0 spiro atoms. The number of carboxylic acids is 1. The molecular weight excluding hydrogens is 313 g/mol. The molecule has 1 aliphatic heterocycles. The van der Waals surface area contributed by atoms with E-state index in [2.05, 4.69) is 4.72 Å². The minimum Gasteiger partial charge on any atom is -0.481 e. The van der Waals surface area contributed by atoms with Gasteiger partial charge in [-0.1, -0.05) is 12.1 Å². The summed E-state index contributed by atoms with van der Waals surface area (Å²) in [5.74, 6) is -1.91. The van der Waals surface area contributed by atoms with E-state index >= 15 is 0 Å². The summed E-state index contributed by atoms with van der Waals surface area (Å²) in [6.45, 7) is 1.69. The van der Waals surface area contributed by atoms with Crippen LogP contribution < -0.4 is 4.72 Å². The number of nitrogens with one attached hydrogen (secondary N) is 1. The molecule has 0 aromatic heterocycles. The van der Waals surface area contributed by atoms with Crippen molar-refractivity contribution in [1.29, 1.82) is 0 Å². The van der Waals surface area contributed by atoms with Crippen molar-refractivity contribution in [3.63, 3.8) is 0 Å². The Labute approximate surface area is 128 Å². The third kappa shape index (κ3) is 3.29. The summed E-state index contributed by atoms with van der Waals surface area (Å²) in [5, 5.41) is 9.39. The number of hydrogen-bond acceptors (Lipinski definition) is 4. The van der Waals surface area contributed by atoms with Gasteiger partial charge in [0.2, 0.25) is 10.0 Å². The molecule has 1 aromatic carbocycles. The van der Waals surface area contributed by atoms with Crippen LogP contribution in [0.25, 0.3) is 0 Å². The van der Waals surface area contributed by atoms with Crippen molar-refractivity contribution < 1.29 is 27.4 Å². The van der Waals surface area contributed by atoms with Crippen molar-refractivity contribution in [2.24, 2.45) is 5.41 Å². The van der Waals surface area contributed by atoms with Crippen LogP contribution in [-0.2, 0) is 19.6 Å². The van der Waals surface area contributed by atoms with E-state index in [1.54, 1.807) is 0 Å². The number of sulfonamides is 1. The fourth-order valence-corrected chi connectivity index (χ4v) is 3.64. The quantitative estimate of drug-likeness (QED) is 0.848. The lowest BCUT2D eigenvalue weighted by atomic mass is 9.80. The van der Waals surface area contributed by atoms with Gasteiger partial charge in [-0.05, 0) is 31.4 Å². The van der Waals surface area contributed by atoms with Gasteiger partial charge in [0.15, 0.2) is 0 Å². The fourth-order valence-electron chi connectivity index (χ4n) is 2.37. The maximum Gasteiger partial charge on any atom is 0.311 e. The average Bonchev–Trinajstić information content (AvgIpc) is 2.49. The number of benzene rings is 1. The zero-order valence-electron chi connectivity index (χ0n) is 12.1. The predicted molar refractivity (Wildman–Crippen MR) is 76.4 cm³/mol. The Kier molecular flexibility index (Phi) is 4.84. The van der Waals surface area contributed by atoms with Crippen molar-refractivity contribution >= 4 is 16.0 Å². The Bertz CT molecular complexity index is 668. The van der Waals surface area contributed by atoms with E-state index in [1.807, 2.05) is 0 Å². The van der Waals surface area contributed by atoms with Crippen molar-refractivity contribution in [2.45, 2.75) is 24.7 Å². The molecule has 1 saturated heterocycles. The van der Waals surface area contributed by atoms with E-state index < -0.39 is 32.1 Å². The number of ether oxygens (including phenoxy) is 1. The summed E-state index contributed by atoms with van der Waals surface area (Å²) < 4.78 is 45.8. The van der Waals surface area contributed by atoms with Gasteiger partial charge < -0.3 is 9.84 Å². The van der Waals surface area contributed by atoms with E-state index in [4.69, 9.17) is 4.74 Å². The molecule has 8 heteroatoms. The van der Waals surface area contributed by atoms with E-state index in [9.17, 15) is 22.7 Å². The molecule has 0 bridgehead atoms. The van der Waals surface area contributed by atoms with Crippen molar-refractivity contribution in [2.75, 3.05) is 19.8 Å². The van der Waals surface area contributed by atoms with Crippen LogP contribution in [0.2, 0.25) is 0 Å². The highest BCUT2D eigenvalue weighted by atomic mass is 32.2. The zero-order valence-corrected chi connectivity index (χ0v) is 13.0. The molecule has 1 heterocycles. The molecule has 0 saturated carbocycles. The van der Waals surface area contributed by atoms with Gasteiger partial charge in [0.25, 0.3) is 0 Å². The smallest absolute Gasteiger partial charge is 0.311 e. The molecule has 1 aromatic rings. The molecule has 0 radical (unpaired) electrons. The number of carboxylic acid groups (broad SMARTS) is 1. The highest BCUT2D eigenvalue weighted by Gasteiger charge is 2.41. The average molecular weight is 331 g/mol. The van der Waals surface area contributed by atoms with Crippen LogP contribution in [0.5, 0.6) is 0 Å². The van der Waals surface area contributed by atoms with Crippen molar-refractivity contribution in [3.8, 4) is 0 Å². The van der Waals surface area contributed by atoms with Crippen LogP contribution in [0.4, 0.5) is 4.39 Å². The summed E-state index contributed by atoms with van der Waals surface area (Å²) >= 11 is 0. The molecule has 2 rings (SSSR count). The first kappa shape index (κ1) is 16.9. The monoisotopic (exact) mass is 331 g/mol. The number of hydrogen-bond donors (Lipinski definition) is 2. The lowest BCUT2D eigenvalue weighted by Gasteiger charge is -2.33. The highest BCUT2D eigenvalue weighted by Crippen LogP contribution is 2.30. The molecule has 6 nitrogen and oxygen atoms in total. The molecule has 22 heavy (non-hydrogen) atoms. The second-order valence-electron chi connectivity index (χ2n) is 5.41. The van der Waals surface area contributed by atoms with Crippen LogP contribution in [0, 0.1) is 18.2 Å². The molecule has 2 N–H and O–H groups in total. The largest absolute Gasteiger partial charge is 0.481 e. The van der Waals surface area contributed by atoms with E-state index in [0.717, 1.165) is 6.07 Å². The van der Waals surface area contributed by atoms with Gasteiger partial charge in [-0.2, -0.15) is 0 Å². The van der Waals surface area contributed by atoms with Gasteiger partial charge in [0, 0.05) is 19.8 Å². The second-order valence-corrected chi connectivity index (χ2v) is 7.14. The minimum absolute atomic E-state index is 0.209. The molecule has 0 atom stereocenters. The first-order valence-corrected chi connectivity index (χ1v) is 8.33. The van der Waals surface area contributed by atoms with E-state index in [-0.39, 0.29) is 38.2 Å². The first-order valence-electron chi connectivity index (χ1n) is 6.84. The Hall–Kier alpha value is -1.51. The van der Waals surface area contributed by atoms with Crippen LogP contribution >= 0.6 is 0 Å². The van der Waals surface area contributed by atoms with Crippen LogP contribution in [-0.4, -0.2) is 39.3 Å². The maximum absolute atomic E-state index is 14.0. The number of carbonyl (C=O) groups is 1. The normalized spacial score (nSPS) is 18.1. The Morgan fingerprint density at radius 2 is 2.05 bits per heavy atom. The van der Waals surface area contributed by atoms with Gasteiger partial charge in [-0.25, -0.2) is 17.5 Å². The summed E-state index contributed by atoms with van der Waals surface area (Å²) in [6, 6.07) is 4.06. The molecule has 1 fully saturated rings. The molecule has 122 valence electrons. The molecule has 0 aliphatic carbocycles. The third-order valence-corrected chi connectivity index (χ3v) is 5.37. The van der Waals surface area contributed by atoms with Gasteiger partial charge in [-0.3, -0.25) is 4.79 Å². The standard InChI is InChI=1S/C14H18FNO5S/c1-10-3-2-4-11(12(10)15)22(19,20)16-9-14(13(17)18)5-7-21-8-6-14/h2-4,16H,5-9H2,1H3,(H,17,18). The molecular formula is C14H18FNO5S. The first-order chi connectivity index (χ1) is 10.3. The topological polar surface area (TPSA) is 92.7 Å². The van der Waals surface area contributed by atoms with E-state index in [1.165, 1.54) is 19.1 Å². The summed E-state index contributed by atoms with van der Waals surface area (Å²) in [5.41, 5.74) is -1.01. The number of aryl methyl sites for hydroxylation is 1. The van der Waals surface area contributed by atoms with Crippen LogP contribution in [0.1, 0.15) is 18.4 Å². The van der Waals surface area contributed by atoms with Gasteiger partial charge >= 0.3 is 5.97 Å². The molecule has 0 unspecified atom stereocenters. The second kappa shape index (κ2) is 6.31. The van der Waals surface area contributed by atoms with Crippen molar-refractivity contribution in [3.05, 3.63) is 29.6 Å². The number of halogens is 1. The Morgan fingerprint density at radius 1 is 1.41 bits per heavy atom. The third-order valence-electron chi connectivity index (χ3n) is 3.95. The lowest BCUT2D eigenvalue weighted by molar-refractivity contribution is -0.154. The maximum atomic E-state index is 14.0. The predicted octanol–water partition coefficient (Wildman–Crippen LogP) is 1.29. The highest BCUT2D eigenvalue weighted by molar-refractivity contribution is 7.89. The lowest BCUT2D eigenvalue weighted by Crippen LogP contribution is -2.46. The summed E-state index contributed by atoms with van der Waals surface area (Å²) in [6.07, 6.45) is 0.419. The van der Waals surface area contributed by atoms with Gasteiger partial charge in [0.1, 0.15) is 10.7 Å². The fraction of sp³-hybridized carbons (Fsp3) is 0.500. The van der Waals surface area contributed by atoms with Gasteiger partial charge in [-0.15, -0.1) is 0 Å². The summed E-state index contributed by atoms with van der Waals surface area (Å²) in [7, 11) is -4.11. The molecule has 1 aliphatic rings. The minimum atomic E-state index is -4.11. The van der Waals surface area contributed by atoms with Crippen LogP contribution in [0.15, 0.2) is 23.1 Å². The van der Waals surface area contributed by atoms with Crippen LogP contribution in [0.3, 0.4) is 0 Å². The Balaban J connectivity index is 2.21. The van der Waals surface area contributed by atoms with E-state index in [0.29, 0.717) is 0 Å². The van der Waals surface area contributed by atoms with Crippen molar-refractivity contribution in [1.82, 2.24) is 4.72 Å². The summed E-state index contributed by atoms with van der Waals surface area (Å²) in [4.78, 5) is 11.0. The SMILES string of the molecule is Cc1cccc(S(=O)(=O)NCC2(C(=O)O)CCOCC2)c1F. The number of aliphatic carboxylic acids is 1. The van der Waals surface area contributed by atoms with Gasteiger partial charge in [0.05, 0.1) is 5.41 Å². The zero-order chi connectivity index (χ0) is 16.4. The number of rotatable bonds is 5. The molecule has 0 amide bonds. The Morgan fingerprint density at radius 3 is 2.64 bits per heavy atom.